The Morgan fingerprint density at radius 1 is 1.35 bits per heavy atom. The van der Waals surface area contributed by atoms with Crippen molar-refractivity contribution in [3.63, 3.8) is 0 Å². The zero-order chi connectivity index (χ0) is 16.4. The van der Waals surface area contributed by atoms with Gasteiger partial charge in [-0.1, -0.05) is 11.8 Å². The van der Waals surface area contributed by atoms with Crippen LogP contribution >= 0.6 is 11.8 Å². The van der Waals surface area contributed by atoms with Gasteiger partial charge in [0.2, 0.25) is 0 Å². The van der Waals surface area contributed by atoms with E-state index < -0.39 is 17.9 Å². The molecule has 6 heteroatoms. The summed E-state index contributed by atoms with van der Waals surface area (Å²) in [5, 5.41) is 19.0. The van der Waals surface area contributed by atoms with Gasteiger partial charge in [-0.2, -0.15) is 5.26 Å². The maximum atomic E-state index is 13.5. The summed E-state index contributed by atoms with van der Waals surface area (Å²) in [7, 11) is 0. The Morgan fingerprint density at radius 2 is 2.17 bits per heavy atom. The molecule has 0 saturated carbocycles. The van der Waals surface area contributed by atoms with E-state index in [4.69, 9.17) is 10.00 Å². The van der Waals surface area contributed by atoms with E-state index in [1.165, 1.54) is 12.1 Å². The molecule has 1 unspecified atom stereocenters. The number of benzene rings is 2. The molecule has 0 aromatic heterocycles. The van der Waals surface area contributed by atoms with Crippen molar-refractivity contribution in [2.24, 2.45) is 0 Å². The van der Waals surface area contributed by atoms with Crippen molar-refractivity contribution in [1.82, 2.24) is 0 Å². The maximum Gasteiger partial charge on any atom is 0.139 e. The van der Waals surface area contributed by atoms with Crippen molar-refractivity contribution in [1.29, 1.82) is 5.26 Å². The summed E-state index contributed by atoms with van der Waals surface area (Å²) in [6.45, 7) is 0. The van der Waals surface area contributed by atoms with Crippen LogP contribution in [0.4, 0.5) is 8.78 Å². The van der Waals surface area contributed by atoms with Crippen LogP contribution in [-0.4, -0.2) is 11.1 Å². The first-order valence-corrected chi connectivity index (χ1v) is 8.02. The fraction of sp³-hybridized carbons (Fsp3) is 0.235. The molecule has 118 valence electrons. The first-order valence-electron chi connectivity index (χ1n) is 7.03. The number of hydrogen-bond acceptors (Lipinski definition) is 4. The second kappa shape index (κ2) is 6.57. The predicted molar refractivity (Wildman–Crippen MR) is 82.7 cm³/mol. The van der Waals surface area contributed by atoms with Crippen LogP contribution in [0.1, 0.15) is 29.2 Å². The standard InChI is InChI=1S/C17H13F2NO2S/c18-9-23-16-4-3-15(13-1-2-14(21)17(13)16)22-12-6-10(8-20)5-11(19)7-12/h3-7,14,21H,1-2,9H2. The van der Waals surface area contributed by atoms with Gasteiger partial charge >= 0.3 is 0 Å². The van der Waals surface area contributed by atoms with Crippen molar-refractivity contribution in [2.75, 3.05) is 6.01 Å². The lowest BCUT2D eigenvalue weighted by atomic mass is 10.1. The van der Waals surface area contributed by atoms with E-state index in [1.807, 2.05) is 6.07 Å². The van der Waals surface area contributed by atoms with Crippen LogP contribution in [0.15, 0.2) is 35.2 Å². The normalized spacial score (nSPS) is 16.0. The molecule has 1 aliphatic carbocycles. The van der Waals surface area contributed by atoms with Gasteiger partial charge < -0.3 is 9.84 Å². The number of nitriles is 1. The third-order valence-electron chi connectivity index (χ3n) is 3.71. The maximum absolute atomic E-state index is 13.5. The summed E-state index contributed by atoms with van der Waals surface area (Å²) < 4.78 is 31.9. The lowest BCUT2D eigenvalue weighted by molar-refractivity contribution is 0.177. The third kappa shape index (κ3) is 3.16. The lowest BCUT2D eigenvalue weighted by Crippen LogP contribution is -1.97. The number of ether oxygens (including phenoxy) is 1. The summed E-state index contributed by atoms with van der Waals surface area (Å²) in [6.07, 6.45) is 0.500. The monoisotopic (exact) mass is 333 g/mol. The van der Waals surface area contributed by atoms with Gasteiger partial charge in [-0.05, 0) is 37.1 Å². The quantitative estimate of drug-likeness (QED) is 0.838. The number of alkyl halides is 1. The minimum atomic E-state index is -0.648. The Morgan fingerprint density at radius 3 is 2.91 bits per heavy atom. The number of aliphatic hydroxyl groups is 1. The van der Waals surface area contributed by atoms with Gasteiger partial charge in [-0.25, -0.2) is 8.78 Å². The van der Waals surface area contributed by atoms with E-state index >= 15 is 0 Å². The molecule has 0 aliphatic heterocycles. The molecule has 2 aromatic rings. The first-order chi connectivity index (χ1) is 11.1. The van der Waals surface area contributed by atoms with Crippen molar-refractivity contribution in [2.45, 2.75) is 23.8 Å². The number of aliphatic hydroxyl groups excluding tert-OH is 1. The number of nitrogens with zero attached hydrogens (tertiary/aromatic N) is 1. The number of halogens is 2. The van der Waals surface area contributed by atoms with Crippen molar-refractivity contribution >= 4 is 11.8 Å². The Hall–Kier alpha value is -2.10. The highest BCUT2D eigenvalue weighted by Gasteiger charge is 2.27. The molecule has 0 amide bonds. The lowest BCUT2D eigenvalue weighted by Gasteiger charge is -2.14. The second-order valence-corrected chi connectivity index (χ2v) is 6.10. The van der Waals surface area contributed by atoms with Crippen LogP contribution in [0.5, 0.6) is 11.5 Å². The van der Waals surface area contributed by atoms with E-state index in [2.05, 4.69) is 0 Å². The van der Waals surface area contributed by atoms with Gasteiger partial charge in [-0.15, -0.1) is 0 Å². The SMILES string of the molecule is N#Cc1cc(F)cc(Oc2ccc(SCF)c3c2CCC3O)c1. The average Bonchev–Trinajstić information content (AvgIpc) is 2.92. The summed E-state index contributed by atoms with van der Waals surface area (Å²) >= 11 is 1.02. The molecule has 0 saturated heterocycles. The van der Waals surface area contributed by atoms with Crippen molar-refractivity contribution < 1.29 is 18.6 Å². The molecule has 0 fully saturated rings. The highest BCUT2D eigenvalue weighted by atomic mass is 32.2. The fourth-order valence-electron chi connectivity index (χ4n) is 2.77. The van der Waals surface area contributed by atoms with E-state index in [-0.39, 0.29) is 11.3 Å². The molecule has 0 heterocycles. The van der Waals surface area contributed by atoms with Crippen LogP contribution in [0, 0.1) is 17.1 Å². The second-order valence-electron chi connectivity index (χ2n) is 5.15. The van der Waals surface area contributed by atoms with Gasteiger partial charge in [0, 0.05) is 22.1 Å². The summed E-state index contributed by atoms with van der Waals surface area (Å²) in [5.41, 5.74) is 1.65. The molecule has 0 radical (unpaired) electrons. The van der Waals surface area contributed by atoms with E-state index in [9.17, 15) is 13.9 Å². The fourth-order valence-corrected chi connectivity index (χ4v) is 3.46. The van der Waals surface area contributed by atoms with Gasteiger partial charge in [0.05, 0.1) is 17.7 Å². The molecule has 3 rings (SSSR count). The number of hydrogen-bond donors (Lipinski definition) is 1. The van der Waals surface area contributed by atoms with E-state index in [0.717, 1.165) is 23.4 Å². The number of thioether (sulfide) groups is 1. The van der Waals surface area contributed by atoms with Crippen LogP contribution in [0.2, 0.25) is 0 Å². The molecule has 23 heavy (non-hydrogen) atoms. The number of rotatable bonds is 4. The molecule has 0 spiro atoms. The minimum absolute atomic E-state index is 0.168. The van der Waals surface area contributed by atoms with Crippen molar-refractivity contribution in [3.05, 3.63) is 52.8 Å². The van der Waals surface area contributed by atoms with Gasteiger partial charge in [0.25, 0.3) is 0 Å². The molecule has 3 nitrogen and oxygen atoms in total. The predicted octanol–water partition coefficient (Wildman–Crippen LogP) is 4.49. The van der Waals surface area contributed by atoms with E-state index in [1.54, 1.807) is 12.1 Å². The van der Waals surface area contributed by atoms with Crippen LogP contribution in [0.3, 0.4) is 0 Å². The highest BCUT2D eigenvalue weighted by Crippen LogP contribution is 2.44. The Kier molecular flexibility index (Phi) is 4.51. The largest absolute Gasteiger partial charge is 0.457 e. The zero-order valence-electron chi connectivity index (χ0n) is 12.1. The third-order valence-corrected chi connectivity index (χ3v) is 4.49. The first kappa shape index (κ1) is 15.8. The minimum Gasteiger partial charge on any atom is -0.457 e. The van der Waals surface area contributed by atoms with Crippen LogP contribution < -0.4 is 4.74 Å². The Bertz CT molecular complexity index is 789. The summed E-state index contributed by atoms with van der Waals surface area (Å²) in [5.74, 6) is 0.158. The smallest absolute Gasteiger partial charge is 0.139 e. The molecule has 1 atom stereocenters. The Balaban J connectivity index is 1.99. The molecule has 2 aromatic carbocycles. The molecule has 1 N–H and O–H groups in total. The Labute approximate surface area is 136 Å². The molecular formula is C17H13F2NO2S. The average molecular weight is 333 g/mol. The van der Waals surface area contributed by atoms with Gasteiger partial charge in [-0.3, -0.25) is 0 Å². The summed E-state index contributed by atoms with van der Waals surface area (Å²) in [4.78, 5) is 0.691. The summed E-state index contributed by atoms with van der Waals surface area (Å²) in [6, 6.07) is 8.45. The molecule has 0 bridgehead atoms. The van der Waals surface area contributed by atoms with Gasteiger partial charge in [0.1, 0.15) is 23.3 Å². The number of fused-ring (bicyclic) bond motifs is 1. The highest BCUT2D eigenvalue weighted by molar-refractivity contribution is 7.99. The molecule has 1 aliphatic rings. The van der Waals surface area contributed by atoms with Crippen LogP contribution in [0.25, 0.3) is 0 Å². The van der Waals surface area contributed by atoms with E-state index in [0.29, 0.717) is 29.1 Å². The van der Waals surface area contributed by atoms with Crippen molar-refractivity contribution in [3.8, 4) is 17.6 Å². The zero-order valence-corrected chi connectivity index (χ0v) is 12.9. The topological polar surface area (TPSA) is 53.2 Å². The van der Waals surface area contributed by atoms with Gasteiger partial charge in [0.15, 0.2) is 0 Å². The van der Waals surface area contributed by atoms with Crippen LogP contribution in [-0.2, 0) is 6.42 Å². The molecular weight excluding hydrogens is 320 g/mol.